The maximum absolute atomic E-state index is 11.2. The molecule has 3 atom stereocenters. The summed E-state index contributed by atoms with van der Waals surface area (Å²) in [6.07, 6.45) is 4.44. The Morgan fingerprint density at radius 3 is 2.96 bits per heavy atom. The van der Waals surface area contributed by atoms with Gasteiger partial charge in [0.25, 0.3) is 0 Å². The first kappa shape index (κ1) is 17.6. The van der Waals surface area contributed by atoms with Gasteiger partial charge in [-0.15, -0.1) is 0 Å². The Kier molecular flexibility index (Phi) is 5.67. The number of thioether (sulfide) groups is 1. The lowest BCUT2D eigenvalue weighted by molar-refractivity contribution is -0.114. The first-order valence-corrected chi connectivity index (χ1v) is 10.1. The van der Waals surface area contributed by atoms with E-state index in [0.717, 1.165) is 12.3 Å². The van der Waals surface area contributed by atoms with Crippen molar-refractivity contribution in [3.63, 3.8) is 0 Å². The molecule has 0 aliphatic carbocycles. The maximum Gasteiger partial charge on any atom is 0.139 e. The van der Waals surface area contributed by atoms with Gasteiger partial charge in [0.15, 0.2) is 0 Å². The molecule has 2 heterocycles. The Balaban J connectivity index is 1.82. The topological polar surface area (TPSA) is 36.1 Å². The molecular formula is C20H28N2OS. The molecule has 0 saturated carbocycles. The summed E-state index contributed by atoms with van der Waals surface area (Å²) in [5.41, 5.74) is 2.71. The van der Waals surface area contributed by atoms with Gasteiger partial charge in [-0.1, -0.05) is 19.1 Å². The second kappa shape index (κ2) is 7.75. The van der Waals surface area contributed by atoms with Crippen LogP contribution in [0.5, 0.6) is 0 Å². The van der Waals surface area contributed by atoms with Gasteiger partial charge in [-0.3, -0.25) is 4.79 Å². The number of nitrogens with zero attached hydrogens (tertiary/aromatic N) is 1. The molecule has 130 valence electrons. The van der Waals surface area contributed by atoms with Crippen molar-refractivity contribution < 1.29 is 4.79 Å². The quantitative estimate of drug-likeness (QED) is 0.848. The molecule has 1 aliphatic rings. The fourth-order valence-electron chi connectivity index (χ4n) is 4.29. The molecule has 1 aliphatic heterocycles. The van der Waals surface area contributed by atoms with Crippen LogP contribution in [0, 0.1) is 5.92 Å². The van der Waals surface area contributed by atoms with Gasteiger partial charge in [-0.05, 0) is 56.2 Å². The van der Waals surface area contributed by atoms with E-state index in [1.165, 1.54) is 29.3 Å². The predicted octanol–water partition coefficient (Wildman–Crippen LogP) is 4.30. The number of ketones is 1. The number of likely N-dealkylation sites (tertiary alicyclic amines) is 1. The SMILES string of the molecule is CC[C@@H]1[C@@H](c2cccc3[nH]ccc23)C[C@@H](CSCC(C)=O)CN1C. The van der Waals surface area contributed by atoms with Crippen LogP contribution in [0.15, 0.2) is 30.5 Å². The summed E-state index contributed by atoms with van der Waals surface area (Å²) in [5, 5.41) is 1.37. The Morgan fingerprint density at radius 1 is 1.38 bits per heavy atom. The molecule has 0 amide bonds. The van der Waals surface area contributed by atoms with E-state index in [9.17, 15) is 4.79 Å². The second-order valence-corrected chi connectivity index (χ2v) is 8.16. The Morgan fingerprint density at radius 2 is 2.21 bits per heavy atom. The standard InChI is InChI=1S/C20H28N2OS/c1-4-20-18(16-6-5-7-19-17(16)8-9-21-19)10-15(11-22(20)3)13-24-12-14(2)23/h5-9,15,18,20-21H,4,10-13H2,1-3H3/t15-,18-,20-/m1/s1. The second-order valence-electron chi connectivity index (χ2n) is 7.13. The van der Waals surface area contributed by atoms with Crippen LogP contribution < -0.4 is 0 Å². The minimum atomic E-state index is 0.282. The number of Topliss-reactive ketones (excluding diaryl/α,β-unsaturated/α-hetero) is 1. The van der Waals surface area contributed by atoms with Crippen LogP contribution in [0.25, 0.3) is 10.9 Å². The lowest BCUT2D eigenvalue weighted by Crippen LogP contribution is -2.45. The molecule has 24 heavy (non-hydrogen) atoms. The van der Waals surface area contributed by atoms with Gasteiger partial charge in [0, 0.05) is 35.6 Å². The number of aromatic nitrogens is 1. The van der Waals surface area contributed by atoms with Gasteiger partial charge in [0.1, 0.15) is 5.78 Å². The number of likely N-dealkylation sites (N-methyl/N-ethyl adjacent to an activating group) is 1. The number of aromatic amines is 1. The lowest BCUT2D eigenvalue weighted by atomic mass is 9.77. The highest BCUT2D eigenvalue weighted by molar-refractivity contribution is 7.99. The minimum absolute atomic E-state index is 0.282. The van der Waals surface area contributed by atoms with E-state index in [2.05, 4.69) is 48.1 Å². The molecule has 0 radical (unpaired) electrons. The third kappa shape index (κ3) is 3.70. The molecule has 0 bridgehead atoms. The Labute approximate surface area is 149 Å². The van der Waals surface area contributed by atoms with Crippen LogP contribution in [0.4, 0.5) is 0 Å². The summed E-state index contributed by atoms with van der Waals surface area (Å²) >= 11 is 1.80. The number of benzene rings is 1. The van der Waals surface area contributed by atoms with Crippen LogP contribution in [0.2, 0.25) is 0 Å². The number of hydrogen-bond acceptors (Lipinski definition) is 3. The smallest absolute Gasteiger partial charge is 0.139 e. The molecular weight excluding hydrogens is 316 g/mol. The lowest BCUT2D eigenvalue weighted by Gasteiger charge is -2.43. The summed E-state index contributed by atoms with van der Waals surface area (Å²) in [4.78, 5) is 17.1. The van der Waals surface area contributed by atoms with Gasteiger partial charge in [0.2, 0.25) is 0 Å². The van der Waals surface area contributed by atoms with Gasteiger partial charge in [-0.2, -0.15) is 11.8 Å². The third-order valence-corrected chi connectivity index (χ3v) is 6.59. The fraction of sp³-hybridized carbons (Fsp3) is 0.550. The van der Waals surface area contributed by atoms with Crippen molar-refractivity contribution in [3.05, 3.63) is 36.0 Å². The number of piperidine rings is 1. The summed E-state index contributed by atoms with van der Waals surface area (Å²) < 4.78 is 0. The van der Waals surface area contributed by atoms with E-state index in [1.807, 2.05) is 6.20 Å². The maximum atomic E-state index is 11.2. The zero-order valence-corrected chi connectivity index (χ0v) is 15.7. The van der Waals surface area contributed by atoms with Crippen molar-refractivity contribution in [2.75, 3.05) is 25.1 Å². The summed E-state index contributed by atoms with van der Waals surface area (Å²) in [6, 6.07) is 9.45. The molecule has 3 nitrogen and oxygen atoms in total. The number of H-pyrrole nitrogens is 1. The van der Waals surface area contributed by atoms with Gasteiger partial charge >= 0.3 is 0 Å². The molecule has 4 heteroatoms. The number of carbonyl (C=O) groups is 1. The zero-order chi connectivity index (χ0) is 17.1. The normalized spacial score (nSPS) is 25.2. The van der Waals surface area contributed by atoms with E-state index in [0.29, 0.717) is 23.6 Å². The molecule has 1 aromatic carbocycles. The van der Waals surface area contributed by atoms with Crippen molar-refractivity contribution in [3.8, 4) is 0 Å². The highest BCUT2D eigenvalue weighted by Crippen LogP contribution is 2.39. The third-order valence-electron chi connectivity index (χ3n) is 5.27. The largest absolute Gasteiger partial charge is 0.361 e. The van der Waals surface area contributed by atoms with Crippen molar-refractivity contribution in [2.45, 2.75) is 38.6 Å². The van der Waals surface area contributed by atoms with E-state index < -0.39 is 0 Å². The van der Waals surface area contributed by atoms with E-state index in [1.54, 1.807) is 18.7 Å². The molecule has 1 aromatic heterocycles. The average molecular weight is 345 g/mol. The van der Waals surface area contributed by atoms with Crippen LogP contribution in [0.3, 0.4) is 0 Å². The number of rotatable bonds is 6. The van der Waals surface area contributed by atoms with E-state index in [-0.39, 0.29) is 5.78 Å². The van der Waals surface area contributed by atoms with Crippen molar-refractivity contribution >= 4 is 28.4 Å². The summed E-state index contributed by atoms with van der Waals surface area (Å²) in [5.74, 6) is 3.23. The summed E-state index contributed by atoms with van der Waals surface area (Å²) in [6.45, 7) is 5.13. The van der Waals surface area contributed by atoms with Crippen molar-refractivity contribution in [2.24, 2.45) is 5.92 Å². The van der Waals surface area contributed by atoms with Gasteiger partial charge in [-0.25, -0.2) is 0 Å². The molecule has 2 aromatic rings. The number of hydrogen-bond donors (Lipinski definition) is 1. The molecule has 3 rings (SSSR count). The molecule has 0 spiro atoms. The van der Waals surface area contributed by atoms with Gasteiger partial charge in [0.05, 0.1) is 5.75 Å². The Bertz CT molecular complexity index is 696. The van der Waals surface area contributed by atoms with E-state index in [4.69, 9.17) is 0 Å². The minimum Gasteiger partial charge on any atom is -0.361 e. The molecule has 1 saturated heterocycles. The number of fused-ring (bicyclic) bond motifs is 1. The summed E-state index contributed by atoms with van der Waals surface area (Å²) in [7, 11) is 2.26. The van der Waals surface area contributed by atoms with Crippen LogP contribution in [-0.4, -0.2) is 46.8 Å². The van der Waals surface area contributed by atoms with Gasteiger partial charge < -0.3 is 9.88 Å². The van der Waals surface area contributed by atoms with Crippen molar-refractivity contribution in [1.82, 2.24) is 9.88 Å². The van der Waals surface area contributed by atoms with Crippen LogP contribution in [0.1, 0.15) is 38.2 Å². The predicted molar refractivity (Wildman–Crippen MR) is 104 cm³/mol. The molecule has 1 fully saturated rings. The monoisotopic (exact) mass is 344 g/mol. The molecule has 1 N–H and O–H groups in total. The zero-order valence-electron chi connectivity index (χ0n) is 14.9. The average Bonchev–Trinajstić information content (AvgIpc) is 3.02. The van der Waals surface area contributed by atoms with E-state index >= 15 is 0 Å². The first-order chi connectivity index (χ1) is 11.6. The fourth-order valence-corrected chi connectivity index (χ4v) is 5.27. The highest BCUT2D eigenvalue weighted by atomic mass is 32.2. The number of nitrogens with one attached hydrogen (secondary N) is 1. The van der Waals surface area contributed by atoms with Crippen LogP contribution in [-0.2, 0) is 4.79 Å². The van der Waals surface area contributed by atoms with Crippen molar-refractivity contribution in [1.29, 1.82) is 0 Å². The highest BCUT2D eigenvalue weighted by Gasteiger charge is 2.34. The Hall–Kier alpha value is -1.26. The number of carbonyl (C=O) groups excluding carboxylic acids is 1. The first-order valence-electron chi connectivity index (χ1n) is 8.93. The molecule has 0 unspecified atom stereocenters. The van der Waals surface area contributed by atoms with Crippen LogP contribution >= 0.6 is 11.8 Å².